The molecule has 0 saturated carbocycles. The second-order valence-corrected chi connectivity index (χ2v) is 5.35. The zero-order chi connectivity index (χ0) is 14.7. The Morgan fingerprint density at radius 2 is 2.00 bits per heavy atom. The fourth-order valence-electron chi connectivity index (χ4n) is 3.04. The van der Waals surface area contributed by atoms with Crippen LogP contribution >= 0.6 is 0 Å². The van der Waals surface area contributed by atoms with E-state index < -0.39 is 5.97 Å². The molecule has 1 aromatic heterocycles. The van der Waals surface area contributed by atoms with Gasteiger partial charge in [-0.25, -0.2) is 4.79 Å². The van der Waals surface area contributed by atoms with Crippen LogP contribution in [0, 0.1) is 11.8 Å². The second kappa shape index (κ2) is 6.11. The maximum Gasteiger partial charge on any atom is 0.371 e. The van der Waals surface area contributed by atoms with Crippen molar-refractivity contribution in [3.8, 4) is 0 Å². The summed E-state index contributed by atoms with van der Waals surface area (Å²) in [6.07, 6.45) is 3.28. The predicted octanol–water partition coefficient (Wildman–Crippen LogP) is 2.88. The van der Waals surface area contributed by atoms with E-state index in [0.29, 0.717) is 11.8 Å². The average molecular weight is 279 g/mol. The molecule has 5 nitrogen and oxygen atoms in total. The Hall–Kier alpha value is -1.78. The third-order valence-corrected chi connectivity index (χ3v) is 4.25. The molecule has 1 amide bonds. The van der Waals surface area contributed by atoms with Crippen LogP contribution in [0.25, 0.3) is 0 Å². The van der Waals surface area contributed by atoms with Crippen molar-refractivity contribution >= 4 is 11.9 Å². The van der Waals surface area contributed by atoms with Crippen molar-refractivity contribution in [2.75, 3.05) is 13.1 Å². The molecular formula is C15H21NO4. The van der Waals surface area contributed by atoms with E-state index in [2.05, 4.69) is 13.8 Å². The molecular weight excluding hydrogens is 258 g/mol. The van der Waals surface area contributed by atoms with Gasteiger partial charge < -0.3 is 14.4 Å². The fourth-order valence-corrected chi connectivity index (χ4v) is 3.04. The van der Waals surface area contributed by atoms with Crippen molar-refractivity contribution in [3.05, 3.63) is 23.7 Å². The van der Waals surface area contributed by atoms with Crippen LogP contribution in [0.2, 0.25) is 0 Å². The van der Waals surface area contributed by atoms with Crippen LogP contribution in [0.15, 0.2) is 16.5 Å². The number of hydrogen-bond acceptors (Lipinski definition) is 3. The van der Waals surface area contributed by atoms with E-state index in [1.807, 2.05) is 0 Å². The van der Waals surface area contributed by atoms with Crippen molar-refractivity contribution in [2.24, 2.45) is 11.8 Å². The summed E-state index contributed by atoms with van der Waals surface area (Å²) in [5.41, 5.74) is 0. The third-order valence-electron chi connectivity index (χ3n) is 4.25. The summed E-state index contributed by atoms with van der Waals surface area (Å²) >= 11 is 0. The van der Waals surface area contributed by atoms with Gasteiger partial charge in [0.15, 0.2) is 5.76 Å². The minimum atomic E-state index is -1.15. The lowest BCUT2D eigenvalue weighted by Crippen LogP contribution is -2.29. The van der Waals surface area contributed by atoms with E-state index in [1.165, 1.54) is 12.1 Å². The summed E-state index contributed by atoms with van der Waals surface area (Å²) < 4.78 is 5.08. The van der Waals surface area contributed by atoms with Crippen molar-refractivity contribution in [2.45, 2.75) is 33.1 Å². The van der Waals surface area contributed by atoms with Gasteiger partial charge in [0.1, 0.15) is 0 Å². The van der Waals surface area contributed by atoms with Gasteiger partial charge in [0.05, 0.1) is 0 Å². The van der Waals surface area contributed by atoms with Crippen LogP contribution in [0.5, 0.6) is 0 Å². The first-order valence-electron chi connectivity index (χ1n) is 7.19. The lowest BCUT2D eigenvalue weighted by atomic mass is 9.87. The summed E-state index contributed by atoms with van der Waals surface area (Å²) in [6, 6.07) is 2.76. The molecule has 0 radical (unpaired) electrons. The first-order chi connectivity index (χ1) is 9.56. The Morgan fingerprint density at radius 3 is 2.55 bits per heavy atom. The average Bonchev–Trinajstić information content (AvgIpc) is 3.09. The number of amides is 1. The van der Waals surface area contributed by atoms with Crippen molar-refractivity contribution < 1.29 is 19.1 Å². The SMILES string of the molecule is CCC(CC)[C@H]1CCN(C(=O)c2ccc(C(=O)O)o2)C1. The topological polar surface area (TPSA) is 70.8 Å². The Balaban J connectivity index is 2.02. The zero-order valence-corrected chi connectivity index (χ0v) is 12.0. The number of hydrogen-bond donors (Lipinski definition) is 1. The maximum absolute atomic E-state index is 12.3. The molecule has 0 spiro atoms. The van der Waals surface area contributed by atoms with Gasteiger partial charge in [-0.3, -0.25) is 4.79 Å². The molecule has 5 heteroatoms. The van der Waals surface area contributed by atoms with E-state index in [-0.39, 0.29) is 17.4 Å². The van der Waals surface area contributed by atoms with E-state index in [4.69, 9.17) is 9.52 Å². The minimum Gasteiger partial charge on any atom is -0.475 e. The molecule has 1 N–H and O–H groups in total. The van der Waals surface area contributed by atoms with Crippen LogP contribution in [0.1, 0.15) is 54.2 Å². The van der Waals surface area contributed by atoms with Gasteiger partial charge in [-0.15, -0.1) is 0 Å². The van der Waals surface area contributed by atoms with Crippen molar-refractivity contribution in [3.63, 3.8) is 0 Å². The largest absolute Gasteiger partial charge is 0.475 e. The minimum absolute atomic E-state index is 0.118. The molecule has 1 aliphatic heterocycles. The number of carboxylic acid groups (broad SMARTS) is 1. The summed E-state index contributed by atoms with van der Waals surface area (Å²) in [5.74, 6) is -0.232. The molecule has 1 fully saturated rings. The third kappa shape index (κ3) is 2.86. The van der Waals surface area contributed by atoms with Gasteiger partial charge in [0, 0.05) is 13.1 Å². The molecule has 20 heavy (non-hydrogen) atoms. The molecule has 110 valence electrons. The number of rotatable bonds is 5. The van der Waals surface area contributed by atoms with Gasteiger partial charge in [-0.1, -0.05) is 26.7 Å². The Kier molecular flexibility index (Phi) is 4.47. The Labute approximate surface area is 118 Å². The zero-order valence-electron chi connectivity index (χ0n) is 12.0. The lowest BCUT2D eigenvalue weighted by molar-refractivity contribution is 0.0652. The Morgan fingerprint density at radius 1 is 1.35 bits per heavy atom. The van der Waals surface area contributed by atoms with Crippen LogP contribution < -0.4 is 0 Å². The molecule has 2 heterocycles. The number of carbonyl (C=O) groups is 2. The molecule has 1 aromatic rings. The highest BCUT2D eigenvalue weighted by atomic mass is 16.4. The summed E-state index contributed by atoms with van der Waals surface area (Å²) in [4.78, 5) is 24.8. The van der Waals surface area contributed by atoms with Crippen LogP contribution in [-0.2, 0) is 0 Å². The lowest BCUT2D eigenvalue weighted by Gasteiger charge is -2.21. The van der Waals surface area contributed by atoms with Crippen molar-refractivity contribution in [1.29, 1.82) is 0 Å². The molecule has 0 aliphatic carbocycles. The normalized spacial score (nSPS) is 18.8. The summed E-state index contributed by atoms with van der Waals surface area (Å²) in [5, 5.41) is 8.81. The summed E-state index contributed by atoms with van der Waals surface area (Å²) in [6.45, 7) is 5.84. The maximum atomic E-state index is 12.3. The second-order valence-electron chi connectivity index (χ2n) is 5.35. The highest BCUT2D eigenvalue weighted by molar-refractivity contribution is 5.93. The highest BCUT2D eigenvalue weighted by Gasteiger charge is 2.32. The van der Waals surface area contributed by atoms with Crippen LogP contribution in [-0.4, -0.2) is 35.0 Å². The number of carbonyl (C=O) groups excluding carboxylic acids is 1. The number of aromatic carboxylic acids is 1. The van der Waals surface area contributed by atoms with Gasteiger partial charge >= 0.3 is 5.97 Å². The standard InChI is InChI=1S/C15H21NO4/c1-3-10(4-2)11-7-8-16(9-11)14(17)12-5-6-13(20-12)15(18)19/h5-6,10-11H,3-4,7-9H2,1-2H3,(H,18,19)/t11-/m0/s1. The molecule has 0 bridgehead atoms. The van der Waals surface area contributed by atoms with E-state index in [1.54, 1.807) is 4.90 Å². The quantitative estimate of drug-likeness (QED) is 0.899. The fraction of sp³-hybridized carbons (Fsp3) is 0.600. The molecule has 2 rings (SSSR count). The first kappa shape index (κ1) is 14.6. The predicted molar refractivity (Wildman–Crippen MR) is 73.7 cm³/mol. The van der Waals surface area contributed by atoms with Gasteiger partial charge in [0.2, 0.25) is 5.76 Å². The number of carboxylic acids is 1. The van der Waals surface area contributed by atoms with Crippen LogP contribution in [0.3, 0.4) is 0 Å². The van der Waals surface area contributed by atoms with E-state index >= 15 is 0 Å². The molecule has 1 atom stereocenters. The number of furan rings is 1. The molecule has 1 saturated heterocycles. The monoisotopic (exact) mass is 279 g/mol. The molecule has 0 unspecified atom stereocenters. The molecule has 1 aliphatic rings. The van der Waals surface area contributed by atoms with Crippen LogP contribution in [0.4, 0.5) is 0 Å². The van der Waals surface area contributed by atoms with E-state index in [0.717, 1.165) is 32.4 Å². The summed E-state index contributed by atoms with van der Waals surface area (Å²) in [7, 11) is 0. The van der Waals surface area contributed by atoms with Gasteiger partial charge in [-0.05, 0) is 30.4 Å². The molecule has 0 aromatic carbocycles. The Bertz CT molecular complexity index is 490. The smallest absolute Gasteiger partial charge is 0.371 e. The van der Waals surface area contributed by atoms with Gasteiger partial charge in [-0.2, -0.15) is 0 Å². The number of nitrogens with zero attached hydrogens (tertiary/aromatic N) is 1. The van der Waals surface area contributed by atoms with E-state index in [9.17, 15) is 9.59 Å². The number of likely N-dealkylation sites (tertiary alicyclic amines) is 1. The van der Waals surface area contributed by atoms with Gasteiger partial charge in [0.25, 0.3) is 5.91 Å². The first-order valence-corrected chi connectivity index (χ1v) is 7.19. The van der Waals surface area contributed by atoms with Crippen molar-refractivity contribution in [1.82, 2.24) is 4.90 Å². The highest BCUT2D eigenvalue weighted by Crippen LogP contribution is 2.29.